The van der Waals surface area contributed by atoms with Gasteiger partial charge >= 0.3 is 5.97 Å². The molecule has 1 N–H and O–H groups in total. The molecule has 5 heteroatoms. The van der Waals surface area contributed by atoms with Crippen molar-refractivity contribution < 1.29 is 19.4 Å². The summed E-state index contributed by atoms with van der Waals surface area (Å²) in [5.41, 5.74) is 0.699. The first-order valence-corrected chi connectivity index (χ1v) is 5.08. The van der Waals surface area contributed by atoms with Gasteiger partial charge < -0.3 is 14.6 Å². The number of aromatic hydroxyl groups is 1. The molecule has 0 radical (unpaired) electrons. The summed E-state index contributed by atoms with van der Waals surface area (Å²) in [5.74, 6) is -0.400. The first-order chi connectivity index (χ1) is 8.12. The molecule has 17 heavy (non-hydrogen) atoms. The Morgan fingerprint density at radius 2 is 2.24 bits per heavy atom. The molecular weight excluding hydrogens is 222 g/mol. The summed E-state index contributed by atoms with van der Waals surface area (Å²) in [4.78, 5) is 11.3. The number of nitrogens with zero attached hydrogens (tertiary/aromatic N) is 1. The van der Waals surface area contributed by atoms with Crippen LogP contribution in [0.1, 0.15) is 18.1 Å². The van der Waals surface area contributed by atoms with Gasteiger partial charge in [-0.25, -0.2) is 0 Å². The highest BCUT2D eigenvalue weighted by molar-refractivity contribution is 5.74. The van der Waals surface area contributed by atoms with Crippen LogP contribution in [0.15, 0.2) is 12.1 Å². The summed E-state index contributed by atoms with van der Waals surface area (Å²) in [7, 11) is 1.38. The molecule has 0 bridgehead atoms. The van der Waals surface area contributed by atoms with Gasteiger partial charge in [0.1, 0.15) is 0 Å². The Morgan fingerprint density at radius 1 is 1.53 bits per heavy atom. The average molecular weight is 235 g/mol. The van der Waals surface area contributed by atoms with Crippen LogP contribution in [0.5, 0.6) is 11.5 Å². The van der Waals surface area contributed by atoms with Gasteiger partial charge in [0.2, 0.25) is 0 Å². The Bertz CT molecular complexity index is 462. The number of carbonyl (C=O) groups is 1. The Balaban J connectivity index is 3.08. The van der Waals surface area contributed by atoms with Gasteiger partial charge in [0.25, 0.3) is 0 Å². The summed E-state index contributed by atoms with van der Waals surface area (Å²) < 4.78 is 9.79. The maximum atomic E-state index is 11.3. The number of carbonyl (C=O) groups excluding carboxylic acids is 1. The monoisotopic (exact) mass is 235 g/mol. The molecule has 0 unspecified atom stereocenters. The van der Waals surface area contributed by atoms with Gasteiger partial charge in [-0.3, -0.25) is 4.79 Å². The van der Waals surface area contributed by atoms with E-state index in [4.69, 9.17) is 14.7 Å². The van der Waals surface area contributed by atoms with E-state index in [1.165, 1.54) is 19.2 Å². The second-order valence-electron chi connectivity index (χ2n) is 3.28. The largest absolute Gasteiger partial charge is 0.504 e. The summed E-state index contributed by atoms with van der Waals surface area (Å²) in [6.45, 7) is 1.99. The van der Waals surface area contributed by atoms with Crippen molar-refractivity contribution in [2.45, 2.75) is 13.3 Å². The van der Waals surface area contributed by atoms with E-state index in [9.17, 15) is 9.90 Å². The summed E-state index contributed by atoms with van der Waals surface area (Å²) >= 11 is 0. The van der Waals surface area contributed by atoms with Crippen LogP contribution in [0.25, 0.3) is 0 Å². The minimum atomic E-state index is -0.430. The van der Waals surface area contributed by atoms with Gasteiger partial charge in [-0.05, 0) is 13.0 Å². The molecule has 90 valence electrons. The molecule has 0 aliphatic carbocycles. The van der Waals surface area contributed by atoms with E-state index < -0.39 is 5.97 Å². The molecule has 1 aromatic rings. The number of nitriles is 1. The zero-order valence-electron chi connectivity index (χ0n) is 9.69. The third-order valence-electron chi connectivity index (χ3n) is 2.12. The fourth-order valence-corrected chi connectivity index (χ4v) is 1.47. The number of phenols is 1. The Labute approximate surface area is 99.2 Å². The lowest BCUT2D eigenvalue weighted by molar-refractivity contribution is -0.142. The molecular formula is C12H13NO4. The highest BCUT2D eigenvalue weighted by Gasteiger charge is 2.14. The van der Waals surface area contributed by atoms with Crippen molar-refractivity contribution in [1.82, 2.24) is 0 Å². The van der Waals surface area contributed by atoms with Crippen LogP contribution < -0.4 is 4.74 Å². The lowest BCUT2D eigenvalue weighted by atomic mass is 10.1. The van der Waals surface area contributed by atoms with Crippen LogP contribution in [0.4, 0.5) is 0 Å². The van der Waals surface area contributed by atoms with Gasteiger partial charge in [-0.1, -0.05) is 0 Å². The van der Waals surface area contributed by atoms with E-state index in [0.29, 0.717) is 5.56 Å². The molecule has 0 spiro atoms. The van der Waals surface area contributed by atoms with Crippen molar-refractivity contribution in [3.05, 3.63) is 23.3 Å². The van der Waals surface area contributed by atoms with Crippen molar-refractivity contribution in [2.75, 3.05) is 13.7 Å². The van der Waals surface area contributed by atoms with Crippen molar-refractivity contribution in [1.29, 1.82) is 5.26 Å². The maximum absolute atomic E-state index is 11.3. The van der Waals surface area contributed by atoms with Crippen LogP contribution in [0.3, 0.4) is 0 Å². The van der Waals surface area contributed by atoms with Gasteiger partial charge in [-0.15, -0.1) is 0 Å². The average Bonchev–Trinajstić information content (AvgIpc) is 2.28. The fraction of sp³-hybridized carbons (Fsp3) is 0.333. The summed E-state index contributed by atoms with van der Waals surface area (Å²) in [6, 6.07) is 4.68. The molecule has 1 aromatic carbocycles. The number of methoxy groups -OCH3 is 1. The number of phenolic OH excluding ortho intramolecular Hbond substituents is 1. The Kier molecular flexibility index (Phi) is 4.35. The van der Waals surface area contributed by atoms with Gasteiger partial charge in [-0.2, -0.15) is 5.26 Å². The third-order valence-corrected chi connectivity index (χ3v) is 2.12. The minimum Gasteiger partial charge on any atom is -0.504 e. The molecule has 0 saturated carbocycles. The maximum Gasteiger partial charge on any atom is 0.310 e. The molecule has 0 aliphatic heterocycles. The van der Waals surface area contributed by atoms with E-state index in [2.05, 4.69) is 0 Å². The number of hydrogen-bond donors (Lipinski definition) is 1. The van der Waals surface area contributed by atoms with Crippen LogP contribution in [-0.4, -0.2) is 24.8 Å². The first kappa shape index (κ1) is 12.8. The van der Waals surface area contributed by atoms with E-state index in [1.54, 1.807) is 6.92 Å². The Morgan fingerprint density at radius 3 is 2.76 bits per heavy atom. The van der Waals surface area contributed by atoms with Crippen molar-refractivity contribution >= 4 is 5.97 Å². The van der Waals surface area contributed by atoms with Gasteiger partial charge in [0.05, 0.1) is 31.8 Å². The standard InChI is InChI=1S/C12H13NO4/c1-3-17-11(15)6-9-4-8(7-13)5-10(14)12(9)16-2/h4-5,14H,3,6H2,1-2H3. The highest BCUT2D eigenvalue weighted by atomic mass is 16.5. The molecule has 5 nitrogen and oxygen atoms in total. The van der Waals surface area contributed by atoms with Gasteiger partial charge in [0, 0.05) is 11.6 Å². The number of rotatable bonds is 4. The zero-order chi connectivity index (χ0) is 12.8. The van der Waals surface area contributed by atoms with Crippen LogP contribution in [0.2, 0.25) is 0 Å². The van der Waals surface area contributed by atoms with E-state index >= 15 is 0 Å². The predicted molar refractivity (Wildman–Crippen MR) is 59.7 cm³/mol. The molecule has 0 heterocycles. The zero-order valence-corrected chi connectivity index (χ0v) is 9.69. The topological polar surface area (TPSA) is 79.6 Å². The SMILES string of the molecule is CCOC(=O)Cc1cc(C#N)cc(O)c1OC. The second kappa shape index (κ2) is 5.75. The molecule has 0 fully saturated rings. The van der Waals surface area contributed by atoms with E-state index in [-0.39, 0.29) is 30.1 Å². The smallest absolute Gasteiger partial charge is 0.310 e. The molecule has 0 saturated heterocycles. The minimum absolute atomic E-state index is 0.0416. The van der Waals surface area contributed by atoms with Crippen LogP contribution in [0, 0.1) is 11.3 Å². The number of ether oxygens (including phenoxy) is 2. The molecule has 0 aromatic heterocycles. The number of hydrogen-bond acceptors (Lipinski definition) is 5. The second-order valence-corrected chi connectivity index (χ2v) is 3.28. The van der Waals surface area contributed by atoms with E-state index in [0.717, 1.165) is 0 Å². The third kappa shape index (κ3) is 3.11. The normalized spacial score (nSPS) is 9.47. The number of benzene rings is 1. The summed E-state index contributed by atoms with van der Waals surface area (Å²) in [6.07, 6.45) is -0.0416. The summed E-state index contributed by atoms with van der Waals surface area (Å²) in [5, 5.41) is 18.4. The molecule has 1 rings (SSSR count). The fourth-order valence-electron chi connectivity index (χ4n) is 1.47. The van der Waals surface area contributed by atoms with E-state index in [1.807, 2.05) is 6.07 Å². The van der Waals surface area contributed by atoms with Crippen molar-refractivity contribution in [2.24, 2.45) is 0 Å². The quantitative estimate of drug-likeness (QED) is 0.797. The molecule has 0 aliphatic rings. The predicted octanol–water partition coefficient (Wildman–Crippen LogP) is 1.38. The molecule has 0 amide bonds. The number of esters is 1. The Hall–Kier alpha value is -2.22. The first-order valence-electron chi connectivity index (χ1n) is 5.08. The van der Waals surface area contributed by atoms with Crippen molar-refractivity contribution in [3.8, 4) is 17.6 Å². The van der Waals surface area contributed by atoms with Crippen LogP contribution in [-0.2, 0) is 16.0 Å². The lowest BCUT2D eigenvalue weighted by Crippen LogP contribution is -2.08. The highest BCUT2D eigenvalue weighted by Crippen LogP contribution is 2.31. The molecule has 0 atom stereocenters. The van der Waals surface area contributed by atoms with Gasteiger partial charge in [0.15, 0.2) is 11.5 Å². The van der Waals surface area contributed by atoms with Crippen molar-refractivity contribution in [3.63, 3.8) is 0 Å². The lowest BCUT2D eigenvalue weighted by Gasteiger charge is -2.10. The van der Waals surface area contributed by atoms with Crippen LogP contribution >= 0.6 is 0 Å².